The maximum atomic E-state index is 11.2. The molecule has 2 aromatic rings. The molecule has 0 spiro atoms. The fourth-order valence-corrected chi connectivity index (χ4v) is 1.35. The molecule has 1 N–H and O–H groups in total. The summed E-state index contributed by atoms with van der Waals surface area (Å²) in [5.74, 6) is -0.402. The summed E-state index contributed by atoms with van der Waals surface area (Å²) in [5, 5.41) is 17.8. The number of hydrogen-bond acceptors (Lipinski definition) is 5. The molecule has 0 atom stereocenters. The van der Waals surface area contributed by atoms with Gasteiger partial charge in [-0.15, -0.1) is 0 Å². The number of hydrogen-bond donors (Lipinski definition) is 1. The van der Waals surface area contributed by atoms with Crippen LogP contribution in [0.4, 0.5) is 0 Å². The highest BCUT2D eigenvalue weighted by Gasteiger charge is 2.11. The Hall–Kier alpha value is -1.95. The van der Waals surface area contributed by atoms with Gasteiger partial charge in [0.05, 0.1) is 11.8 Å². The van der Waals surface area contributed by atoms with Gasteiger partial charge in [-0.25, -0.2) is 0 Å². The van der Waals surface area contributed by atoms with Crippen LogP contribution in [0.15, 0.2) is 29.0 Å². The van der Waals surface area contributed by atoms with Crippen LogP contribution in [0.2, 0.25) is 0 Å². The monoisotopic (exact) mass is 220 g/mol. The molecule has 6 heteroatoms. The summed E-state index contributed by atoms with van der Waals surface area (Å²) in [5.41, 5.74) is 1.57. The lowest BCUT2D eigenvalue weighted by Gasteiger charge is -2.01. The summed E-state index contributed by atoms with van der Waals surface area (Å²) >= 11 is 0. The highest BCUT2D eigenvalue weighted by molar-refractivity contribution is 5.08. The van der Waals surface area contributed by atoms with Gasteiger partial charge in [-0.1, -0.05) is 10.7 Å². The molecule has 2 rings (SSSR count). The highest BCUT2D eigenvalue weighted by atomic mass is 16.6. The van der Waals surface area contributed by atoms with Crippen LogP contribution < -0.4 is 15.1 Å². The number of pyridine rings is 1. The Morgan fingerprint density at radius 1 is 1.50 bits per heavy atom. The summed E-state index contributed by atoms with van der Waals surface area (Å²) in [7, 11) is 1.67. The normalized spacial score (nSPS) is 10.6. The minimum atomic E-state index is -0.402. The summed E-state index contributed by atoms with van der Waals surface area (Å²) < 4.78 is 5.93. The van der Waals surface area contributed by atoms with Crippen molar-refractivity contribution in [3.63, 3.8) is 0 Å². The largest absolute Gasteiger partial charge is 0.539 e. The van der Waals surface area contributed by atoms with Crippen molar-refractivity contribution in [2.24, 2.45) is 7.05 Å². The van der Waals surface area contributed by atoms with Crippen LogP contribution in [0.25, 0.3) is 0 Å². The summed E-state index contributed by atoms with van der Waals surface area (Å²) in [6, 6.07) is 3.83. The molecule has 6 nitrogen and oxygen atoms in total. The second-order valence-electron chi connectivity index (χ2n) is 3.40. The first-order valence-corrected chi connectivity index (χ1v) is 4.89. The first-order chi connectivity index (χ1) is 7.77. The molecule has 0 saturated heterocycles. The first-order valence-electron chi connectivity index (χ1n) is 4.89. The SMILES string of the molecule is C[n+]1noc([O-])c1CNCc1cccnc1. The molecule has 84 valence electrons. The van der Waals surface area contributed by atoms with Crippen molar-refractivity contribution in [3.8, 4) is 5.95 Å². The van der Waals surface area contributed by atoms with Crippen LogP contribution in [-0.4, -0.2) is 10.3 Å². The average Bonchev–Trinajstić information content (AvgIpc) is 2.62. The fourth-order valence-electron chi connectivity index (χ4n) is 1.35. The lowest BCUT2D eigenvalue weighted by atomic mass is 10.3. The van der Waals surface area contributed by atoms with Gasteiger partial charge in [0.25, 0.3) is 0 Å². The van der Waals surface area contributed by atoms with Gasteiger partial charge in [-0.05, 0) is 11.6 Å². The van der Waals surface area contributed by atoms with Crippen LogP contribution >= 0.6 is 0 Å². The maximum absolute atomic E-state index is 11.2. The van der Waals surface area contributed by atoms with E-state index in [1.54, 1.807) is 19.4 Å². The molecule has 16 heavy (non-hydrogen) atoms. The number of rotatable bonds is 4. The van der Waals surface area contributed by atoms with Gasteiger partial charge in [0.15, 0.2) is 13.0 Å². The van der Waals surface area contributed by atoms with Crippen LogP contribution in [0.5, 0.6) is 5.95 Å². The van der Waals surface area contributed by atoms with Gasteiger partial charge in [-0.3, -0.25) is 4.98 Å². The fraction of sp³-hybridized carbons (Fsp3) is 0.300. The summed E-state index contributed by atoms with van der Waals surface area (Å²) in [6.07, 6.45) is 3.50. The molecule has 0 unspecified atom stereocenters. The van der Waals surface area contributed by atoms with Crippen molar-refractivity contribution in [2.45, 2.75) is 13.1 Å². The minimum absolute atomic E-state index is 0.402. The molecule has 0 aromatic carbocycles. The van der Waals surface area contributed by atoms with Gasteiger partial charge in [0, 0.05) is 18.9 Å². The van der Waals surface area contributed by atoms with E-state index in [-0.39, 0.29) is 0 Å². The standard InChI is InChI=1S/C10H12N4O2/c1-14-9(10(15)16-13-14)7-12-6-8-3-2-4-11-5-8/h2-5,12H,6-7H2,1H3. The average molecular weight is 220 g/mol. The Morgan fingerprint density at radius 2 is 2.38 bits per heavy atom. The Kier molecular flexibility index (Phi) is 3.11. The molecule has 0 amide bonds. The van der Waals surface area contributed by atoms with E-state index >= 15 is 0 Å². The molecule has 2 aromatic heterocycles. The molecule has 0 saturated carbocycles. The zero-order valence-electron chi connectivity index (χ0n) is 8.88. The molecule has 0 aliphatic rings. The molecule has 0 aliphatic heterocycles. The molecular weight excluding hydrogens is 208 g/mol. The molecule has 0 radical (unpaired) electrons. The van der Waals surface area contributed by atoms with Crippen molar-refractivity contribution in [1.82, 2.24) is 15.6 Å². The van der Waals surface area contributed by atoms with Gasteiger partial charge >= 0.3 is 0 Å². The minimum Gasteiger partial charge on any atom is -0.539 e. The predicted octanol–water partition coefficient (Wildman–Crippen LogP) is -0.742. The van der Waals surface area contributed by atoms with Crippen molar-refractivity contribution < 1.29 is 14.3 Å². The van der Waals surface area contributed by atoms with E-state index in [0.29, 0.717) is 18.8 Å². The topological polar surface area (TPSA) is 77.9 Å². The number of aromatic nitrogens is 3. The smallest absolute Gasteiger partial charge is 0.246 e. The van der Waals surface area contributed by atoms with E-state index in [1.807, 2.05) is 12.1 Å². The number of nitrogens with zero attached hydrogens (tertiary/aromatic N) is 3. The molecule has 0 fully saturated rings. The van der Waals surface area contributed by atoms with Crippen LogP contribution in [0.1, 0.15) is 11.3 Å². The lowest BCUT2D eigenvalue weighted by Crippen LogP contribution is -2.36. The number of nitrogens with one attached hydrogen (secondary N) is 1. The molecule has 2 heterocycles. The van der Waals surface area contributed by atoms with Gasteiger partial charge < -0.3 is 14.9 Å². The van der Waals surface area contributed by atoms with E-state index in [1.165, 1.54) is 4.68 Å². The Balaban J connectivity index is 1.89. The predicted molar refractivity (Wildman–Crippen MR) is 51.9 cm³/mol. The van der Waals surface area contributed by atoms with E-state index in [4.69, 9.17) is 0 Å². The van der Waals surface area contributed by atoms with Crippen molar-refractivity contribution >= 4 is 0 Å². The third-order valence-corrected chi connectivity index (χ3v) is 2.22. The Morgan fingerprint density at radius 3 is 3.00 bits per heavy atom. The van der Waals surface area contributed by atoms with Crippen LogP contribution in [0, 0.1) is 0 Å². The van der Waals surface area contributed by atoms with Gasteiger partial charge in [-0.2, -0.15) is 0 Å². The second kappa shape index (κ2) is 4.71. The van der Waals surface area contributed by atoms with Crippen molar-refractivity contribution in [2.75, 3.05) is 0 Å². The quantitative estimate of drug-likeness (QED) is 0.686. The van der Waals surface area contributed by atoms with Crippen LogP contribution in [0.3, 0.4) is 0 Å². The van der Waals surface area contributed by atoms with E-state index < -0.39 is 5.95 Å². The third-order valence-electron chi connectivity index (χ3n) is 2.22. The molecule has 0 bridgehead atoms. The van der Waals surface area contributed by atoms with Crippen molar-refractivity contribution in [3.05, 3.63) is 35.8 Å². The highest BCUT2D eigenvalue weighted by Crippen LogP contribution is 2.05. The molecular formula is C10H12N4O2. The first kappa shape index (κ1) is 10.6. The van der Waals surface area contributed by atoms with Gasteiger partial charge in [0.1, 0.15) is 0 Å². The third kappa shape index (κ3) is 2.34. The van der Waals surface area contributed by atoms with Crippen molar-refractivity contribution in [1.29, 1.82) is 0 Å². The van der Waals surface area contributed by atoms with E-state index in [9.17, 15) is 5.11 Å². The maximum Gasteiger partial charge on any atom is 0.246 e. The summed E-state index contributed by atoms with van der Waals surface area (Å²) in [4.78, 5) is 4.00. The molecule has 0 aliphatic carbocycles. The second-order valence-corrected chi connectivity index (χ2v) is 3.40. The van der Waals surface area contributed by atoms with E-state index in [0.717, 1.165) is 5.56 Å². The summed E-state index contributed by atoms with van der Waals surface area (Å²) in [6.45, 7) is 1.08. The zero-order valence-corrected chi connectivity index (χ0v) is 8.88. The van der Waals surface area contributed by atoms with Crippen LogP contribution in [-0.2, 0) is 20.1 Å². The van der Waals surface area contributed by atoms with Gasteiger partial charge in [0.2, 0.25) is 5.69 Å². The number of aryl methyl sites for hydroxylation is 1. The Labute approximate surface area is 92.5 Å². The zero-order chi connectivity index (χ0) is 11.4. The lowest BCUT2D eigenvalue weighted by molar-refractivity contribution is -0.746. The van der Waals surface area contributed by atoms with E-state index in [2.05, 4.69) is 20.1 Å². The Bertz CT molecular complexity index is 436.